The Morgan fingerprint density at radius 2 is 0.527 bits per heavy atom. The number of hydrogen-bond acceptors (Lipinski definition) is 23. The third-order valence-electron chi connectivity index (χ3n) is 22.9. The molecule has 9 aromatic carbocycles. The van der Waals surface area contributed by atoms with Crippen molar-refractivity contribution in [2.75, 3.05) is 59.1 Å². The topological polar surface area (TPSA) is 264 Å². The largest absolute Gasteiger partial charge is 0.475 e. The first-order valence-electron chi connectivity index (χ1n) is 44.8. The number of carbonyl (C=O) groups is 1. The van der Waals surface area contributed by atoms with Crippen molar-refractivity contribution in [1.82, 2.24) is 9.80 Å². The fourth-order valence-electron chi connectivity index (χ4n) is 14.6. The molecule has 0 aliphatic carbocycles. The molecule has 9 aromatic rings. The Morgan fingerprint density at radius 1 is 0.318 bits per heavy atom. The average molecular weight is 1830 g/mol. The van der Waals surface area contributed by atoms with E-state index in [0.29, 0.717) is 16.7 Å². The minimum atomic E-state index is -5.70. The second-order valence-electron chi connectivity index (χ2n) is 33.2. The Bertz CT molecular complexity index is 4620. The van der Waals surface area contributed by atoms with Crippen LogP contribution in [0.3, 0.4) is 0 Å². The summed E-state index contributed by atoms with van der Waals surface area (Å²) in [6.07, 6.45) is -22.1. The highest BCUT2D eigenvalue weighted by Crippen LogP contribution is 2.55. The predicted octanol–water partition coefficient (Wildman–Crippen LogP) is 19.0. The van der Waals surface area contributed by atoms with Crippen molar-refractivity contribution in [3.8, 4) is 0 Å². The van der Waals surface area contributed by atoms with Gasteiger partial charge < -0.3 is 85.6 Å². The Hall–Kier alpha value is -7.71. The molecule has 3 aliphatic heterocycles. The van der Waals surface area contributed by atoms with Crippen molar-refractivity contribution in [2.24, 2.45) is 0 Å². The van der Waals surface area contributed by atoms with Crippen LogP contribution in [-0.2, 0) is 157 Å². The van der Waals surface area contributed by atoms with E-state index in [1.54, 1.807) is 12.1 Å². The van der Waals surface area contributed by atoms with E-state index in [9.17, 15) is 14.6 Å². The van der Waals surface area contributed by atoms with Gasteiger partial charge >= 0.3 is 21.6 Å². The Morgan fingerprint density at radius 3 is 0.752 bits per heavy atom. The highest BCUT2D eigenvalue weighted by molar-refractivity contribution is 7.47. The summed E-state index contributed by atoms with van der Waals surface area (Å²) in [6.45, 7) is 30.8. The van der Waals surface area contributed by atoms with Gasteiger partial charge in [0, 0.05) is 6.92 Å². The molecule has 3 saturated heterocycles. The molecule has 3 aliphatic rings. The van der Waals surface area contributed by atoms with Gasteiger partial charge in [-0.1, -0.05) is 335 Å². The van der Waals surface area contributed by atoms with E-state index in [1.807, 2.05) is 261 Å². The van der Waals surface area contributed by atoms with Crippen LogP contribution in [0.15, 0.2) is 273 Å². The lowest BCUT2D eigenvalue weighted by Crippen LogP contribution is -2.64. The van der Waals surface area contributed by atoms with Crippen LogP contribution in [0.25, 0.3) is 0 Å². The number of nitrogens with zero attached hydrogens (tertiary/aromatic N) is 2. The minimum absolute atomic E-state index is 0.0223. The first-order valence-corrected chi connectivity index (χ1v) is 50.7. The lowest BCUT2D eigenvalue weighted by atomic mass is 9.98. The maximum atomic E-state index is 16.2. The van der Waals surface area contributed by atoms with Crippen LogP contribution in [0, 0.1) is 0 Å². The maximum Gasteiger partial charge on any atom is 0.475 e. The molecule has 25 nitrogen and oxygen atoms in total. The van der Waals surface area contributed by atoms with E-state index in [1.165, 1.54) is 46.2 Å². The molecule has 2 N–H and O–H groups in total. The molecule has 3 fully saturated rings. The number of phosphoric acid groups is 2. The summed E-state index contributed by atoms with van der Waals surface area (Å²) in [6, 6.07) is 83.8. The van der Waals surface area contributed by atoms with Crippen molar-refractivity contribution >= 4 is 29.9 Å². The molecular formula is C101H134N2O23P2Si. The summed E-state index contributed by atoms with van der Waals surface area (Å²) in [5.74, 6) is -0.722. The molecule has 0 radical (unpaired) electrons. The van der Waals surface area contributed by atoms with Crippen molar-refractivity contribution in [1.29, 1.82) is 0 Å². The van der Waals surface area contributed by atoms with Crippen molar-refractivity contribution < 1.29 is 108 Å². The molecule has 0 bridgehead atoms. The number of benzene rings is 9. The number of rotatable bonds is 47. The van der Waals surface area contributed by atoms with Crippen molar-refractivity contribution in [3.05, 3.63) is 323 Å². The monoisotopic (exact) mass is 1830 g/mol. The van der Waals surface area contributed by atoms with E-state index in [4.69, 9.17) is 84.1 Å². The molecule has 12 rings (SSSR count). The van der Waals surface area contributed by atoms with Gasteiger partial charge in [0.15, 0.2) is 20.9 Å². The number of ether oxygens (including phenoxy) is 13. The summed E-state index contributed by atoms with van der Waals surface area (Å²) in [4.78, 5) is 44.0. The van der Waals surface area contributed by atoms with Gasteiger partial charge in [0.1, 0.15) is 73.2 Å². The summed E-state index contributed by atoms with van der Waals surface area (Å²) in [5, 5.41) is -0.337. The molecule has 700 valence electrons. The summed E-state index contributed by atoms with van der Waals surface area (Å²) in [7, 11) is -14.2. The second-order valence-corrected chi connectivity index (χ2v) is 40.7. The molecule has 17 atom stereocenters. The van der Waals surface area contributed by atoms with Gasteiger partial charge in [0.2, 0.25) is 6.29 Å². The molecule has 3 unspecified atom stereocenters. The maximum absolute atomic E-state index is 16.2. The zero-order valence-electron chi connectivity index (χ0n) is 76.6. The van der Waals surface area contributed by atoms with Gasteiger partial charge in [-0.15, -0.1) is 0 Å². The molecule has 28 heteroatoms. The van der Waals surface area contributed by atoms with Crippen LogP contribution < -0.4 is 0 Å². The summed E-state index contributed by atoms with van der Waals surface area (Å²) in [5.41, 5.74) is 6.72. The highest BCUT2D eigenvalue weighted by atomic mass is 31.2. The molecule has 0 aromatic heterocycles. The Kier molecular flexibility index (Phi) is 43.2. The SMILES string of the molecule is CC(=O)OC1O[C@H](COCc2ccccc2)[C@@H](OP(=O)(O)O[C@H]2O[C@H](COCc3ccccc3)[C@@H](OP(=O)(O)O[C@H]3O[C@H](COCc4ccccc4)[C@@H](O[Si](C)(C)C(C)(C)C)[C@H](OCc4ccccc4)[C@H]3OCc3ccccc3)[C@H](OCc3ccccc3)[C@H]2OCc2ccccc2)[C@H](OCc2ccccc2)[C@H]1OCc1ccccc1.CCN(CC)CC.CCN(CC)CC. The Balaban J connectivity index is 0.00000114. The van der Waals surface area contributed by atoms with Gasteiger partial charge in [-0.05, 0) is 107 Å². The second kappa shape index (κ2) is 53.8. The van der Waals surface area contributed by atoms with E-state index < -0.39 is 129 Å². The van der Waals surface area contributed by atoms with Gasteiger partial charge in [-0.2, -0.15) is 0 Å². The van der Waals surface area contributed by atoms with Crippen LogP contribution in [0.4, 0.5) is 0 Å². The lowest BCUT2D eigenvalue weighted by Gasteiger charge is -2.50. The first kappa shape index (κ1) is 103. The normalized spacial score (nSPS) is 23.4. The fraction of sp³-hybridized carbons (Fsp3) is 0.455. The van der Waals surface area contributed by atoms with Crippen LogP contribution in [0.1, 0.15) is 119 Å². The molecule has 0 saturated carbocycles. The fourth-order valence-corrected chi connectivity index (χ4v) is 18.1. The number of esters is 1. The third-order valence-corrected chi connectivity index (χ3v) is 29.3. The van der Waals surface area contributed by atoms with Crippen LogP contribution in [-0.4, -0.2) is 185 Å². The number of hydrogen-bond donors (Lipinski definition) is 2. The molecule has 3 heterocycles. The zero-order valence-corrected chi connectivity index (χ0v) is 79.4. The first-order chi connectivity index (χ1) is 62.4. The van der Waals surface area contributed by atoms with Gasteiger partial charge in [0.05, 0.1) is 79.3 Å². The van der Waals surface area contributed by atoms with E-state index >= 15 is 9.13 Å². The molecule has 129 heavy (non-hydrogen) atoms. The molecule has 0 amide bonds. The molecular weight excluding hydrogens is 1700 g/mol. The molecule has 0 spiro atoms. The van der Waals surface area contributed by atoms with Gasteiger partial charge in [-0.25, -0.2) is 9.13 Å². The van der Waals surface area contributed by atoms with Crippen LogP contribution in [0.2, 0.25) is 18.1 Å². The van der Waals surface area contributed by atoms with Crippen LogP contribution >= 0.6 is 15.6 Å². The minimum Gasteiger partial charge on any atom is -0.433 e. The zero-order chi connectivity index (χ0) is 91.9. The van der Waals surface area contributed by atoms with Gasteiger partial charge in [0.25, 0.3) is 0 Å². The van der Waals surface area contributed by atoms with E-state index in [2.05, 4.69) is 85.2 Å². The van der Waals surface area contributed by atoms with E-state index in [-0.39, 0.29) is 77.7 Å². The smallest absolute Gasteiger partial charge is 0.433 e. The number of carbonyl (C=O) groups excluding carboxylic acids is 1. The summed E-state index contributed by atoms with van der Waals surface area (Å²) < 4.78 is 153. The van der Waals surface area contributed by atoms with Crippen molar-refractivity contribution in [3.63, 3.8) is 0 Å². The van der Waals surface area contributed by atoms with E-state index in [0.717, 1.165) is 33.4 Å². The number of phosphoric ester groups is 2. The standard InChI is InChI=1S/C89H104O23P2Si.2C6H15N/c1-64(90)104-86-83(101-58-71-46-28-13-29-47-71)80(98-55-68-40-22-10-23-41-68)77(74(105-86)61-95-52-65-34-16-7-17-35-65)108-113(91,92)110-87-84(102-59-72-48-30-14-31-49-72)81(99-56-69-42-24-11-25-43-69)78(75(106-87)62-96-53-66-36-18-8-19-37-66)109-114(93,94)111-88-85(103-60-73-50-32-15-33-51-73)82(100-57-70-44-26-12-27-45-70)79(112-115(5,6)89(2,3)4)76(107-88)63-97-54-67-38-20-9-21-39-67;2*1-4-7(5-2)6-3/h7-51,74-88H,52-63H2,1-6H3,(H,91,92)(H,93,94);2*4-6H2,1-3H3/t74-,75-,76-,77-,78-,79-,80+,81+,82+,83-,84-,85-,86?,87-,88-;;/m1../s1. The Labute approximate surface area is 764 Å². The lowest BCUT2D eigenvalue weighted by molar-refractivity contribution is -0.318. The average Bonchev–Trinajstić information content (AvgIpc) is 0.763. The predicted molar refractivity (Wildman–Crippen MR) is 497 cm³/mol. The quantitative estimate of drug-likeness (QED) is 0.0204. The highest BCUT2D eigenvalue weighted by Gasteiger charge is 2.59. The third kappa shape index (κ3) is 34.1. The summed E-state index contributed by atoms with van der Waals surface area (Å²) >= 11 is 0. The van der Waals surface area contributed by atoms with Crippen LogP contribution in [0.5, 0.6) is 0 Å². The van der Waals surface area contributed by atoms with Gasteiger partial charge in [-0.3, -0.25) is 22.9 Å². The van der Waals surface area contributed by atoms with Crippen molar-refractivity contribution in [2.45, 2.75) is 239 Å².